The Labute approximate surface area is 241 Å². The normalized spacial score (nSPS) is 19.5. The molecule has 0 aliphatic carbocycles. The Morgan fingerprint density at radius 3 is 2.44 bits per heavy atom. The predicted octanol–water partition coefficient (Wildman–Crippen LogP) is 2.44. The number of benzene rings is 2. The van der Waals surface area contributed by atoms with Crippen molar-refractivity contribution in [2.45, 2.75) is 45.3 Å². The van der Waals surface area contributed by atoms with Gasteiger partial charge in [-0.2, -0.15) is 4.37 Å². The van der Waals surface area contributed by atoms with Gasteiger partial charge in [0.25, 0.3) is 11.8 Å². The number of imide groups is 2. The van der Waals surface area contributed by atoms with E-state index in [0.717, 1.165) is 60.6 Å². The maximum absolute atomic E-state index is 13.3. The summed E-state index contributed by atoms with van der Waals surface area (Å²) in [5.74, 6) is -1.13. The van der Waals surface area contributed by atoms with Gasteiger partial charge in [0.05, 0.1) is 11.1 Å². The summed E-state index contributed by atoms with van der Waals surface area (Å²) in [6.45, 7) is 7.21. The molecule has 1 atom stereocenters. The van der Waals surface area contributed by atoms with Crippen LogP contribution in [0.1, 0.15) is 57.4 Å². The third-order valence-corrected chi connectivity index (χ3v) is 8.61. The first-order chi connectivity index (χ1) is 19.9. The molecule has 0 bridgehead atoms. The minimum absolute atomic E-state index is 0.0886. The molecule has 2 fully saturated rings. The summed E-state index contributed by atoms with van der Waals surface area (Å²) in [5, 5.41) is 6.54. The SMILES string of the molecule is CCc1nsc(N2CCN(Cc3ccc(CNc4cccc5c4C(=O)N(C4CCC(=O)NC4=O)C5=O)cc3)CC2)n1. The Kier molecular flexibility index (Phi) is 7.50. The number of hydrogen-bond donors (Lipinski definition) is 2. The first-order valence-corrected chi connectivity index (χ1v) is 14.6. The molecular formula is C29H31N7O4S. The Morgan fingerprint density at radius 2 is 1.73 bits per heavy atom. The number of piperidine rings is 1. The van der Waals surface area contributed by atoms with Crippen molar-refractivity contribution in [1.82, 2.24) is 24.5 Å². The average Bonchev–Trinajstić information content (AvgIpc) is 3.56. The highest BCUT2D eigenvalue weighted by atomic mass is 32.1. The van der Waals surface area contributed by atoms with Gasteiger partial charge in [0, 0.05) is 69.3 Å². The number of nitrogens with one attached hydrogen (secondary N) is 2. The predicted molar refractivity (Wildman–Crippen MR) is 154 cm³/mol. The van der Waals surface area contributed by atoms with Gasteiger partial charge in [-0.05, 0) is 29.7 Å². The van der Waals surface area contributed by atoms with Gasteiger partial charge in [0.2, 0.25) is 16.9 Å². The van der Waals surface area contributed by atoms with Crippen LogP contribution >= 0.6 is 11.5 Å². The Morgan fingerprint density at radius 1 is 0.976 bits per heavy atom. The quantitative estimate of drug-likeness (QED) is 0.391. The summed E-state index contributed by atoms with van der Waals surface area (Å²) in [5.41, 5.74) is 3.33. The summed E-state index contributed by atoms with van der Waals surface area (Å²) in [4.78, 5) is 60.6. The number of anilines is 2. The fraction of sp³-hybridized carbons (Fsp3) is 0.379. The molecule has 2 N–H and O–H groups in total. The summed E-state index contributed by atoms with van der Waals surface area (Å²) in [6, 6.07) is 12.5. The van der Waals surface area contributed by atoms with Crippen LogP contribution in [0.3, 0.4) is 0 Å². The van der Waals surface area contributed by atoms with Crippen LogP contribution in [0.4, 0.5) is 10.8 Å². The van der Waals surface area contributed by atoms with Gasteiger partial charge >= 0.3 is 0 Å². The zero-order chi connectivity index (χ0) is 28.5. The number of aryl methyl sites for hydroxylation is 1. The lowest BCUT2D eigenvalue weighted by Gasteiger charge is -2.34. The number of hydrogen-bond acceptors (Lipinski definition) is 10. The molecule has 3 aliphatic rings. The van der Waals surface area contributed by atoms with Gasteiger partial charge in [0.15, 0.2) is 0 Å². The standard InChI is InChI=1S/C29H31N7O4S/c1-2-23-31-29(41-33-23)35-14-12-34(13-15-35)17-19-8-6-18(7-9-19)16-30-21-5-3-4-20-25(21)28(40)36(27(20)39)22-10-11-24(37)32-26(22)38/h3-9,22,30H,2,10-17H2,1H3,(H,32,37,38). The smallest absolute Gasteiger partial charge is 0.264 e. The third-order valence-electron chi connectivity index (χ3n) is 7.80. The van der Waals surface area contributed by atoms with E-state index in [4.69, 9.17) is 0 Å². The van der Waals surface area contributed by atoms with E-state index in [1.54, 1.807) is 18.2 Å². The lowest BCUT2D eigenvalue weighted by Crippen LogP contribution is -2.54. The van der Waals surface area contributed by atoms with Crippen LogP contribution in [0.2, 0.25) is 0 Å². The second-order valence-corrected chi connectivity index (χ2v) is 11.2. The molecule has 2 aromatic carbocycles. The van der Waals surface area contributed by atoms with E-state index in [9.17, 15) is 19.2 Å². The molecule has 3 aromatic rings. The van der Waals surface area contributed by atoms with Crippen molar-refractivity contribution in [2.24, 2.45) is 0 Å². The molecule has 1 aromatic heterocycles. The first kappa shape index (κ1) is 27.0. The van der Waals surface area contributed by atoms with Crippen LogP contribution in [-0.4, -0.2) is 75.0 Å². The molecular weight excluding hydrogens is 542 g/mol. The molecule has 1 unspecified atom stereocenters. The number of piperazine rings is 1. The minimum Gasteiger partial charge on any atom is -0.380 e. The fourth-order valence-corrected chi connectivity index (χ4v) is 6.30. The van der Waals surface area contributed by atoms with Crippen molar-refractivity contribution in [2.75, 3.05) is 36.4 Å². The van der Waals surface area contributed by atoms with Crippen LogP contribution in [0.15, 0.2) is 42.5 Å². The van der Waals surface area contributed by atoms with Gasteiger partial charge in [-0.25, -0.2) is 4.98 Å². The van der Waals surface area contributed by atoms with Crippen molar-refractivity contribution >= 4 is 46.0 Å². The molecule has 41 heavy (non-hydrogen) atoms. The molecule has 2 saturated heterocycles. The first-order valence-electron chi connectivity index (χ1n) is 13.9. The van der Waals surface area contributed by atoms with E-state index in [2.05, 4.69) is 61.0 Å². The van der Waals surface area contributed by atoms with Crippen molar-refractivity contribution in [3.05, 3.63) is 70.5 Å². The largest absolute Gasteiger partial charge is 0.380 e. The lowest BCUT2D eigenvalue weighted by atomic mass is 10.0. The molecule has 3 aliphatic heterocycles. The topological polar surface area (TPSA) is 128 Å². The number of nitrogens with zero attached hydrogens (tertiary/aromatic N) is 5. The van der Waals surface area contributed by atoms with Crippen molar-refractivity contribution in [3.8, 4) is 0 Å². The number of carbonyl (C=O) groups is 4. The molecule has 12 heteroatoms. The van der Waals surface area contributed by atoms with Gasteiger partial charge < -0.3 is 10.2 Å². The average molecular weight is 574 g/mol. The zero-order valence-corrected chi connectivity index (χ0v) is 23.6. The second kappa shape index (κ2) is 11.4. The third kappa shape index (κ3) is 5.44. The Balaban J connectivity index is 1.05. The Bertz CT molecular complexity index is 1500. The summed E-state index contributed by atoms with van der Waals surface area (Å²) < 4.78 is 4.40. The van der Waals surface area contributed by atoms with Crippen molar-refractivity contribution in [1.29, 1.82) is 0 Å². The molecule has 0 spiro atoms. The second-order valence-electron chi connectivity index (χ2n) is 10.5. The summed E-state index contributed by atoms with van der Waals surface area (Å²) >= 11 is 1.48. The molecule has 6 rings (SSSR count). The monoisotopic (exact) mass is 573 g/mol. The Hall–Kier alpha value is -4.16. The van der Waals surface area contributed by atoms with Crippen LogP contribution in [-0.2, 0) is 29.1 Å². The molecule has 4 heterocycles. The number of fused-ring (bicyclic) bond motifs is 1. The van der Waals surface area contributed by atoms with Crippen molar-refractivity contribution in [3.63, 3.8) is 0 Å². The maximum atomic E-state index is 13.3. The van der Waals surface area contributed by atoms with Crippen LogP contribution in [0, 0.1) is 0 Å². The van der Waals surface area contributed by atoms with Gasteiger partial charge in [0.1, 0.15) is 11.9 Å². The summed E-state index contributed by atoms with van der Waals surface area (Å²) in [7, 11) is 0. The highest BCUT2D eigenvalue weighted by molar-refractivity contribution is 7.09. The molecule has 0 saturated carbocycles. The highest BCUT2D eigenvalue weighted by Gasteiger charge is 2.45. The van der Waals surface area contributed by atoms with E-state index >= 15 is 0 Å². The number of aromatic nitrogens is 2. The van der Waals surface area contributed by atoms with E-state index in [0.29, 0.717) is 12.2 Å². The van der Waals surface area contributed by atoms with Crippen LogP contribution < -0.4 is 15.5 Å². The summed E-state index contributed by atoms with van der Waals surface area (Å²) in [6.07, 6.45) is 1.08. The number of rotatable bonds is 8. The van der Waals surface area contributed by atoms with Crippen LogP contribution in [0.25, 0.3) is 0 Å². The molecule has 11 nitrogen and oxygen atoms in total. The highest BCUT2D eigenvalue weighted by Crippen LogP contribution is 2.32. The van der Waals surface area contributed by atoms with E-state index in [-0.39, 0.29) is 24.0 Å². The minimum atomic E-state index is -0.984. The van der Waals surface area contributed by atoms with Gasteiger partial charge in [-0.15, -0.1) is 0 Å². The molecule has 4 amide bonds. The fourth-order valence-electron chi connectivity index (χ4n) is 5.49. The molecule has 0 radical (unpaired) electrons. The van der Waals surface area contributed by atoms with Gasteiger partial charge in [-0.3, -0.25) is 34.3 Å². The van der Waals surface area contributed by atoms with Gasteiger partial charge in [-0.1, -0.05) is 37.3 Å². The molecule has 212 valence electrons. The van der Waals surface area contributed by atoms with E-state index in [1.165, 1.54) is 17.1 Å². The van der Waals surface area contributed by atoms with E-state index < -0.39 is 29.7 Å². The zero-order valence-electron chi connectivity index (χ0n) is 22.8. The maximum Gasteiger partial charge on any atom is 0.264 e. The van der Waals surface area contributed by atoms with Crippen molar-refractivity contribution < 1.29 is 19.2 Å². The number of carbonyl (C=O) groups excluding carboxylic acids is 4. The van der Waals surface area contributed by atoms with Crippen LogP contribution in [0.5, 0.6) is 0 Å². The van der Waals surface area contributed by atoms with E-state index in [1.807, 2.05) is 0 Å². The lowest BCUT2D eigenvalue weighted by molar-refractivity contribution is -0.136. The number of amides is 4.